The molecule has 0 amide bonds. The van der Waals surface area contributed by atoms with E-state index in [4.69, 9.17) is 9.72 Å². The summed E-state index contributed by atoms with van der Waals surface area (Å²) < 4.78 is 38.3. The van der Waals surface area contributed by atoms with Crippen LogP contribution in [0.3, 0.4) is 0 Å². The molecule has 0 saturated heterocycles. The number of hydrogen-bond acceptors (Lipinski definition) is 8. The van der Waals surface area contributed by atoms with Crippen molar-refractivity contribution in [3.63, 3.8) is 0 Å². The maximum atomic E-state index is 13.4. The second-order valence-electron chi connectivity index (χ2n) is 12.6. The topological polar surface area (TPSA) is 148 Å². The van der Waals surface area contributed by atoms with Crippen LogP contribution in [-0.2, 0) is 16.6 Å². The van der Waals surface area contributed by atoms with Crippen molar-refractivity contribution in [1.82, 2.24) is 24.7 Å². The molecule has 1 atom stereocenters. The lowest BCUT2D eigenvalue weighted by Gasteiger charge is -2.26. The molecule has 11 nitrogen and oxygen atoms in total. The molecule has 3 aromatic heterocycles. The number of hydrogen-bond donors (Lipinski definition) is 3. The molecule has 0 aliphatic carbocycles. The minimum absolute atomic E-state index is 0. The molecule has 2 aromatic carbocycles. The Labute approximate surface area is 294 Å². The first kappa shape index (κ1) is 36.8. The van der Waals surface area contributed by atoms with Gasteiger partial charge in [0.15, 0.2) is 0 Å². The fraction of sp³-hybridized carbons (Fsp3) is 0.294. The molecule has 0 bridgehead atoms. The number of ether oxygens (including phenoxy) is 1. The Morgan fingerprint density at radius 3 is 2.42 bits per heavy atom. The van der Waals surface area contributed by atoms with Gasteiger partial charge in [0.25, 0.3) is 10.0 Å². The summed E-state index contributed by atoms with van der Waals surface area (Å²) in [5, 5.41) is 12.9. The number of rotatable bonds is 12. The summed E-state index contributed by atoms with van der Waals surface area (Å²) >= 11 is 3.49. The van der Waals surface area contributed by atoms with Crippen molar-refractivity contribution in [2.75, 3.05) is 11.3 Å². The molecule has 0 aliphatic heterocycles. The third kappa shape index (κ3) is 9.31. The Morgan fingerprint density at radius 2 is 1.73 bits per heavy atom. The van der Waals surface area contributed by atoms with Gasteiger partial charge in [-0.3, -0.25) is 0 Å². The van der Waals surface area contributed by atoms with Crippen LogP contribution in [0.4, 0.5) is 5.95 Å². The second kappa shape index (κ2) is 15.0. The molecule has 0 spiro atoms. The van der Waals surface area contributed by atoms with E-state index >= 15 is 0 Å². The zero-order chi connectivity index (χ0) is 33.9. The SMILES string of the molecule is Cc1cccc(C)c1-c1cc(OC[C@@H](CC(C)(C)C)NCc2cn3ccc(Br)cc3n2)nc(NS(=O)(=O)c2cccc(C(=O)O)c2)n1.Cl. The van der Waals surface area contributed by atoms with Gasteiger partial charge in [-0.2, -0.15) is 4.98 Å². The third-order valence-corrected chi connectivity index (χ3v) is 9.21. The number of anilines is 1. The maximum Gasteiger partial charge on any atom is 0.335 e. The first-order valence-electron chi connectivity index (χ1n) is 15.0. The number of imidazole rings is 1. The van der Waals surface area contributed by atoms with Crippen LogP contribution in [0.15, 0.2) is 82.4 Å². The molecule has 0 radical (unpaired) electrons. The van der Waals surface area contributed by atoms with Crippen LogP contribution >= 0.6 is 28.3 Å². The van der Waals surface area contributed by atoms with Gasteiger partial charge < -0.3 is 19.6 Å². The highest BCUT2D eigenvalue weighted by molar-refractivity contribution is 9.10. The number of benzene rings is 2. The van der Waals surface area contributed by atoms with Gasteiger partial charge in [-0.1, -0.05) is 61.0 Å². The zero-order valence-corrected chi connectivity index (χ0v) is 30.4. The van der Waals surface area contributed by atoms with E-state index < -0.39 is 16.0 Å². The molecule has 0 unspecified atom stereocenters. The smallest absolute Gasteiger partial charge is 0.335 e. The number of aromatic carboxylic acids is 1. The van der Waals surface area contributed by atoms with Crippen LogP contribution in [0, 0.1) is 19.3 Å². The van der Waals surface area contributed by atoms with Crippen LogP contribution < -0.4 is 14.8 Å². The van der Waals surface area contributed by atoms with Crippen molar-refractivity contribution >= 4 is 55.9 Å². The number of nitrogens with one attached hydrogen (secondary N) is 2. The number of carboxylic acids is 1. The fourth-order valence-corrected chi connectivity index (χ4v) is 6.64. The van der Waals surface area contributed by atoms with Gasteiger partial charge in [0.2, 0.25) is 11.8 Å². The number of carboxylic acid groups (broad SMARTS) is 1. The van der Waals surface area contributed by atoms with E-state index in [2.05, 4.69) is 56.7 Å². The predicted molar refractivity (Wildman–Crippen MR) is 191 cm³/mol. The van der Waals surface area contributed by atoms with E-state index in [0.717, 1.165) is 45.0 Å². The standard InChI is InChI=1S/C34H37BrN6O5S.ClH/c1-21-8-6-9-22(2)31(21)28-16-30(39-33(38-28)40-47(44,45)27-11-7-10-23(14-27)32(42)43)46-20-25(17-34(3,4)5)36-18-26-19-41-13-12-24(35)15-29(41)37-26;/h6-16,19,25,36H,17-18,20H2,1-5H3,(H,42,43)(H,38,39,40);1H/t25-;/m1./s1. The van der Waals surface area contributed by atoms with Crippen molar-refractivity contribution < 1.29 is 23.1 Å². The van der Waals surface area contributed by atoms with Crippen molar-refractivity contribution in [2.24, 2.45) is 5.41 Å². The number of aryl methyl sites for hydroxylation is 2. The van der Waals surface area contributed by atoms with Gasteiger partial charge >= 0.3 is 5.97 Å². The molecule has 48 heavy (non-hydrogen) atoms. The number of carbonyl (C=O) groups is 1. The molecular weight excluding hydrogens is 720 g/mol. The van der Waals surface area contributed by atoms with Crippen molar-refractivity contribution in [2.45, 2.75) is 58.5 Å². The van der Waals surface area contributed by atoms with E-state index in [1.807, 2.05) is 61.0 Å². The molecule has 254 valence electrons. The number of sulfonamides is 1. The second-order valence-corrected chi connectivity index (χ2v) is 15.2. The number of halogens is 2. The molecule has 0 fully saturated rings. The number of pyridine rings is 1. The summed E-state index contributed by atoms with van der Waals surface area (Å²) in [6.07, 6.45) is 4.71. The van der Waals surface area contributed by atoms with Crippen molar-refractivity contribution in [3.05, 3.63) is 99.9 Å². The first-order chi connectivity index (χ1) is 22.2. The minimum Gasteiger partial charge on any atom is -0.478 e. The Morgan fingerprint density at radius 1 is 1.02 bits per heavy atom. The summed E-state index contributed by atoms with van der Waals surface area (Å²) in [5.74, 6) is -1.25. The lowest BCUT2D eigenvalue weighted by atomic mass is 9.88. The Bertz CT molecular complexity index is 2030. The highest BCUT2D eigenvalue weighted by Gasteiger charge is 2.23. The summed E-state index contributed by atoms with van der Waals surface area (Å²) in [7, 11) is -4.23. The first-order valence-corrected chi connectivity index (χ1v) is 17.3. The monoisotopic (exact) mass is 756 g/mol. The number of aromatic nitrogens is 4. The average molecular weight is 758 g/mol. The van der Waals surface area contributed by atoms with Crippen LogP contribution in [-0.4, -0.2) is 51.5 Å². The highest BCUT2D eigenvalue weighted by atomic mass is 79.9. The summed E-state index contributed by atoms with van der Waals surface area (Å²) in [6.45, 7) is 11.1. The normalized spacial score (nSPS) is 12.4. The molecule has 0 saturated carbocycles. The Balaban J connectivity index is 0.00000520. The third-order valence-electron chi connectivity index (χ3n) is 7.39. The minimum atomic E-state index is -4.23. The lowest BCUT2D eigenvalue weighted by Crippen LogP contribution is -2.37. The largest absolute Gasteiger partial charge is 0.478 e. The quantitative estimate of drug-likeness (QED) is 0.122. The molecule has 0 aliphatic rings. The molecule has 14 heteroatoms. The average Bonchev–Trinajstić information content (AvgIpc) is 3.39. The van der Waals surface area contributed by atoms with Gasteiger partial charge in [0.1, 0.15) is 12.3 Å². The van der Waals surface area contributed by atoms with Crippen LogP contribution in [0.2, 0.25) is 0 Å². The number of nitrogens with zero attached hydrogens (tertiary/aromatic N) is 4. The maximum absolute atomic E-state index is 13.4. The molecule has 5 rings (SSSR count). The van der Waals surface area contributed by atoms with E-state index in [1.165, 1.54) is 18.2 Å². The summed E-state index contributed by atoms with van der Waals surface area (Å²) in [6, 6.07) is 16.5. The van der Waals surface area contributed by atoms with Gasteiger partial charge in [-0.05, 0) is 67.1 Å². The molecule has 5 aromatic rings. The molecule has 3 heterocycles. The van der Waals surface area contributed by atoms with E-state index in [-0.39, 0.29) is 52.8 Å². The van der Waals surface area contributed by atoms with Gasteiger partial charge in [-0.25, -0.2) is 27.9 Å². The summed E-state index contributed by atoms with van der Waals surface area (Å²) in [4.78, 5) is 24.9. The van der Waals surface area contributed by atoms with Gasteiger partial charge in [0.05, 0.1) is 21.8 Å². The summed E-state index contributed by atoms with van der Waals surface area (Å²) in [5.41, 5.74) is 4.75. The van der Waals surface area contributed by atoms with E-state index in [0.29, 0.717) is 12.2 Å². The van der Waals surface area contributed by atoms with E-state index in [1.54, 1.807) is 6.07 Å². The van der Waals surface area contributed by atoms with Crippen molar-refractivity contribution in [3.8, 4) is 17.1 Å². The highest BCUT2D eigenvalue weighted by Crippen LogP contribution is 2.30. The molecule has 3 N–H and O–H groups in total. The van der Waals surface area contributed by atoms with Crippen molar-refractivity contribution in [1.29, 1.82) is 0 Å². The van der Waals surface area contributed by atoms with E-state index in [9.17, 15) is 18.3 Å². The zero-order valence-electron chi connectivity index (χ0n) is 27.2. The Kier molecular flexibility index (Phi) is 11.5. The fourth-order valence-electron chi connectivity index (χ4n) is 5.33. The number of fused-ring (bicyclic) bond motifs is 1. The molecular formula is C34H38BrClN6O5S. The lowest BCUT2D eigenvalue weighted by molar-refractivity contribution is 0.0696. The van der Waals surface area contributed by atoms with Gasteiger partial charge in [-0.15, -0.1) is 12.4 Å². The van der Waals surface area contributed by atoms with Gasteiger partial charge in [0, 0.05) is 41.1 Å². The Hall–Kier alpha value is -4.04. The van der Waals surface area contributed by atoms with Crippen LogP contribution in [0.25, 0.3) is 16.9 Å². The van der Waals surface area contributed by atoms with Crippen LogP contribution in [0.5, 0.6) is 5.88 Å². The van der Waals surface area contributed by atoms with Crippen LogP contribution in [0.1, 0.15) is 54.4 Å². The predicted octanol–water partition coefficient (Wildman–Crippen LogP) is 7.06.